The molecule has 0 unspecified atom stereocenters. The van der Waals surface area contributed by atoms with Crippen LogP contribution in [0.25, 0.3) is 0 Å². The van der Waals surface area contributed by atoms with Gasteiger partial charge in [-0.15, -0.1) is 0 Å². The smallest absolute Gasteiger partial charge is 0.223 e. The van der Waals surface area contributed by atoms with E-state index in [1.54, 1.807) is 0 Å². The number of rotatable bonds is 5. The molecule has 0 spiro atoms. The molecular weight excluding hydrogens is 370 g/mol. The van der Waals surface area contributed by atoms with Crippen LogP contribution in [0.15, 0.2) is 54.6 Å². The van der Waals surface area contributed by atoms with Gasteiger partial charge in [-0.3, -0.25) is 4.79 Å². The van der Waals surface area contributed by atoms with Gasteiger partial charge in [0.25, 0.3) is 0 Å². The van der Waals surface area contributed by atoms with Gasteiger partial charge in [0.1, 0.15) is 0 Å². The topological polar surface area (TPSA) is 54.5 Å². The van der Waals surface area contributed by atoms with Gasteiger partial charge in [-0.1, -0.05) is 67.4 Å². The monoisotopic (exact) mass is 397 g/mol. The number of sulfone groups is 1. The molecule has 1 fully saturated rings. The Morgan fingerprint density at radius 3 is 2.39 bits per heavy atom. The van der Waals surface area contributed by atoms with E-state index in [0.717, 1.165) is 31.2 Å². The predicted molar refractivity (Wildman–Crippen MR) is 111 cm³/mol. The van der Waals surface area contributed by atoms with Crippen LogP contribution in [0.3, 0.4) is 0 Å². The third-order valence-electron chi connectivity index (χ3n) is 6.16. The van der Waals surface area contributed by atoms with Crippen molar-refractivity contribution in [3.05, 3.63) is 71.3 Å². The third-order valence-corrected chi connectivity index (χ3v) is 8.42. The number of hydrogen-bond acceptors (Lipinski definition) is 3. The van der Waals surface area contributed by atoms with Gasteiger partial charge in [-0.05, 0) is 29.5 Å². The summed E-state index contributed by atoms with van der Waals surface area (Å²) >= 11 is 0. The molecule has 148 valence electrons. The lowest BCUT2D eigenvalue weighted by Gasteiger charge is -2.35. The van der Waals surface area contributed by atoms with Gasteiger partial charge < -0.3 is 4.90 Å². The van der Waals surface area contributed by atoms with E-state index in [-0.39, 0.29) is 29.2 Å². The second-order valence-electron chi connectivity index (χ2n) is 7.96. The first-order chi connectivity index (χ1) is 13.5. The van der Waals surface area contributed by atoms with Gasteiger partial charge in [0, 0.05) is 25.4 Å². The Morgan fingerprint density at radius 1 is 0.964 bits per heavy atom. The van der Waals surface area contributed by atoms with E-state index in [2.05, 4.69) is 24.3 Å². The fourth-order valence-electron chi connectivity index (χ4n) is 4.57. The molecule has 1 atom stereocenters. The van der Waals surface area contributed by atoms with E-state index < -0.39 is 9.84 Å². The van der Waals surface area contributed by atoms with Crippen molar-refractivity contribution in [3.8, 4) is 0 Å². The van der Waals surface area contributed by atoms with Crippen LogP contribution in [-0.4, -0.2) is 36.8 Å². The molecule has 0 radical (unpaired) electrons. The predicted octanol–water partition coefficient (Wildman–Crippen LogP) is 3.91. The zero-order chi connectivity index (χ0) is 19.6. The molecule has 28 heavy (non-hydrogen) atoms. The van der Waals surface area contributed by atoms with Crippen molar-refractivity contribution in [2.24, 2.45) is 0 Å². The number of hydrogen-bond donors (Lipinski definition) is 0. The van der Waals surface area contributed by atoms with Gasteiger partial charge in [0.2, 0.25) is 5.91 Å². The van der Waals surface area contributed by atoms with Crippen LogP contribution >= 0.6 is 0 Å². The maximum Gasteiger partial charge on any atom is 0.223 e. The van der Waals surface area contributed by atoms with E-state index in [0.29, 0.717) is 13.1 Å². The Balaban J connectivity index is 1.50. The fraction of sp³-hybridized carbons (Fsp3) is 0.435. The molecule has 2 aliphatic rings. The van der Waals surface area contributed by atoms with Crippen LogP contribution in [0.2, 0.25) is 0 Å². The lowest BCUT2D eigenvalue weighted by atomic mass is 9.84. The summed E-state index contributed by atoms with van der Waals surface area (Å²) in [5, 5.41) is -0.237. The second kappa shape index (κ2) is 8.08. The average molecular weight is 398 g/mol. The molecule has 5 heteroatoms. The molecule has 0 saturated heterocycles. The van der Waals surface area contributed by atoms with E-state index in [1.807, 2.05) is 35.2 Å². The number of amides is 1. The van der Waals surface area contributed by atoms with Crippen LogP contribution in [0.5, 0.6) is 0 Å². The Hall–Kier alpha value is -2.14. The summed E-state index contributed by atoms with van der Waals surface area (Å²) in [5.41, 5.74) is 3.59. The quantitative estimate of drug-likeness (QED) is 0.769. The molecule has 0 aromatic heterocycles. The summed E-state index contributed by atoms with van der Waals surface area (Å²) in [6.45, 7) is 1.16. The average Bonchev–Trinajstić information content (AvgIpc) is 3.28. The summed E-state index contributed by atoms with van der Waals surface area (Å²) in [4.78, 5) is 14.7. The zero-order valence-electron chi connectivity index (χ0n) is 16.1. The molecule has 2 aromatic rings. The summed E-state index contributed by atoms with van der Waals surface area (Å²) in [6.07, 6.45) is 3.56. The van der Waals surface area contributed by atoms with Gasteiger partial charge in [-0.2, -0.15) is 0 Å². The van der Waals surface area contributed by atoms with Crippen LogP contribution < -0.4 is 0 Å². The largest absolute Gasteiger partial charge is 0.337 e. The minimum atomic E-state index is -3.17. The van der Waals surface area contributed by atoms with Crippen molar-refractivity contribution in [1.29, 1.82) is 0 Å². The molecule has 1 aliphatic carbocycles. The van der Waals surface area contributed by atoms with Crippen LogP contribution in [0.1, 0.15) is 54.7 Å². The highest BCUT2D eigenvalue weighted by atomic mass is 32.2. The molecule has 0 N–H and O–H groups in total. The van der Waals surface area contributed by atoms with Gasteiger partial charge >= 0.3 is 0 Å². The first-order valence-electron chi connectivity index (χ1n) is 10.2. The lowest BCUT2D eigenvalue weighted by Crippen LogP contribution is -2.39. The highest BCUT2D eigenvalue weighted by Crippen LogP contribution is 2.34. The number of fused-ring (bicyclic) bond motifs is 1. The summed E-state index contributed by atoms with van der Waals surface area (Å²) in [5.74, 6) is 0.0449. The third kappa shape index (κ3) is 4.00. The molecule has 1 amide bonds. The maximum atomic E-state index is 12.9. The van der Waals surface area contributed by atoms with Gasteiger partial charge in [0.15, 0.2) is 9.84 Å². The van der Waals surface area contributed by atoms with E-state index in [4.69, 9.17) is 0 Å². The normalized spacial score (nSPS) is 20.1. The number of carbonyl (C=O) groups excluding carboxylic acids is 1. The van der Waals surface area contributed by atoms with Crippen LogP contribution in [-0.2, 0) is 21.2 Å². The van der Waals surface area contributed by atoms with Crippen molar-refractivity contribution < 1.29 is 13.2 Å². The number of benzene rings is 2. The van der Waals surface area contributed by atoms with Crippen molar-refractivity contribution in [2.45, 2.75) is 49.8 Å². The molecule has 2 aromatic carbocycles. The number of nitrogens with zero attached hydrogens (tertiary/aromatic N) is 1. The molecule has 1 heterocycles. The SMILES string of the molecule is O=C(CCS(=O)(=O)C1CCCC1)N1Cc2ccccc2[C@H](c2ccccc2)C1. The van der Waals surface area contributed by atoms with E-state index in [1.165, 1.54) is 11.1 Å². The fourth-order valence-corrected chi connectivity index (χ4v) is 6.41. The minimum Gasteiger partial charge on any atom is -0.337 e. The highest BCUT2D eigenvalue weighted by molar-refractivity contribution is 7.92. The van der Waals surface area contributed by atoms with Crippen molar-refractivity contribution in [3.63, 3.8) is 0 Å². The summed E-state index contributed by atoms with van der Waals surface area (Å²) < 4.78 is 25.1. The van der Waals surface area contributed by atoms with Crippen molar-refractivity contribution >= 4 is 15.7 Å². The molecule has 0 bridgehead atoms. The van der Waals surface area contributed by atoms with Gasteiger partial charge in [0.05, 0.1) is 11.0 Å². The van der Waals surface area contributed by atoms with Crippen LogP contribution in [0.4, 0.5) is 0 Å². The Kier molecular flexibility index (Phi) is 5.54. The van der Waals surface area contributed by atoms with Gasteiger partial charge in [-0.25, -0.2) is 8.42 Å². The van der Waals surface area contributed by atoms with E-state index in [9.17, 15) is 13.2 Å². The standard InChI is InChI=1S/C23H27NO3S/c25-23(14-15-28(26,27)20-11-5-6-12-20)24-16-19-10-4-7-13-21(19)22(17-24)18-8-2-1-3-9-18/h1-4,7-10,13,20,22H,5-6,11-12,14-17H2/t22-/m0/s1. The van der Waals surface area contributed by atoms with Crippen molar-refractivity contribution in [2.75, 3.05) is 12.3 Å². The highest BCUT2D eigenvalue weighted by Gasteiger charge is 2.32. The number of carbonyl (C=O) groups is 1. The molecule has 1 aliphatic heterocycles. The zero-order valence-corrected chi connectivity index (χ0v) is 16.9. The molecular formula is C23H27NO3S. The first kappa shape index (κ1) is 19.2. The lowest BCUT2D eigenvalue weighted by molar-refractivity contribution is -0.131. The molecule has 4 rings (SSSR count). The maximum absolute atomic E-state index is 12.9. The minimum absolute atomic E-state index is 0.0232. The second-order valence-corrected chi connectivity index (χ2v) is 10.4. The van der Waals surface area contributed by atoms with Crippen LogP contribution in [0, 0.1) is 0 Å². The van der Waals surface area contributed by atoms with E-state index >= 15 is 0 Å². The Morgan fingerprint density at radius 2 is 1.64 bits per heavy atom. The Labute approximate surface area is 167 Å². The molecule has 1 saturated carbocycles. The van der Waals surface area contributed by atoms with Crippen molar-refractivity contribution in [1.82, 2.24) is 4.90 Å². The Bertz CT molecular complexity index is 933. The summed E-state index contributed by atoms with van der Waals surface area (Å²) in [6, 6.07) is 18.5. The summed E-state index contributed by atoms with van der Waals surface area (Å²) in [7, 11) is -3.17. The first-order valence-corrected chi connectivity index (χ1v) is 11.9. The molecule has 4 nitrogen and oxygen atoms in total.